The second-order valence-corrected chi connectivity index (χ2v) is 6.77. The molecule has 3 unspecified atom stereocenters. The SMILES string of the molecule is [B]C1(C)CCCC2C(=NC)N(C(C)C)CCC2C1. The van der Waals surface area contributed by atoms with Crippen molar-refractivity contribution in [3.05, 3.63) is 0 Å². The van der Waals surface area contributed by atoms with Gasteiger partial charge in [0.2, 0.25) is 0 Å². The Morgan fingerprint density at radius 1 is 1.39 bits per heavy atom. The van der Waals surface area contributed by atoms with Crippen LogP contribution in [0.15, 0.2) is 4.99 Å². The Balaban J connectivity index is 2.20. The molecule has 18 heavy (non-hydrogen) atoms. The highest BCUT2D eigenvalue weighted by Gasteiger charge is 2.39. The van der Waals surface area contributed by atoms with Crippen molar-refractivity contribution >= 4 is 13.7 Å². The topological polar surface area (TPSA) is 15.6 Å². The summed E-state index contributed by atoms with van der Waals surface area (Å²) in [5.74, 6) is 2.74. The maximum absolute atomic E-state index is 6.41. The van der Waals surface area contributed by atoms with E-state index >= 15 is 0 Å². The Morgan fingerprint density at radius 3 is 2.72 bits per heavy atom. The molecular weight excluding hydrogens is 219 g/mol. The molecule has 0 aromatic carbocycles. The quantitative estimate of drug-likeness (QED) is 0.648. The Hall–Kier alpha value is -0.465. The average Bonchev–Trinajstić information content (AvgIpc) is 2.44. The van der Waals surface area contributed by atoms with E-state index in [1.54, 1.807) is 0 Å². The van der Waals surface area contributed by atoms with Crippen molar-refractivity contribution in [3.63, 3.8) is 0 Å². The zero-order valence-corrected chi connectivity index (χ0v) is 12.4. The van der Waals surface area contributed by atoms with Crippen molar-refractivity contribution < 1.29 is 0 Å². The molecule has 1 aliphatic heterocycles. The van der Waals surface area contributed by atoms with Crippen molar-refractivity contribution in [1.82, 2.24) is 4.90 Å². The van der Waals surface area contributed by atoms with Crippen LogP contribution in [0, 0.1) is 11.8 Å². The molecule has 0 aromatic heterocycles. The Kier molecular flexibility index (Phi) is 4.08. The molecule has 0 bridgehead atoms. The predicted octanol–water partition coefficient (Wildman–Crippen LogP) is 3.28. The van der Waals surface area contributed by atoms with Gasteiger partial charge in [-0.25, -0.2) is 0 Å². The minimum atomic E-state index is 0.0399. The standard InChI is InChI=1S/C15H27BN2/c1-11(2)18-9-7-12-10-15(3,16)8-5-6-13(12)14(18)17-4/h11-13H,5-10H2,1-4H3. The Labute approximate surface area is 114 Å². The summed E-state index contributed by atoms with van der Waals surface area (Å²) in [6, 6.07) is 0.567. The van der Waals surface area contributed by atoms with Gasteiger partial charge in [0, 0.05) is 25.6 Å². The third-order valence-electron chi connectivity index (χ3n) is 4.78. The summed E-state index contributed by atoms with van der Waals surface area (Å²) in [6.45, 7) is 7.93. The molecule has 2 fully saturated rings. The number of hydrogen-bond acceptors (Lipinski definition) is 1. The highest BCUT2D eigenvalue weighted by Crippen LogP contribution is 2.46. The van der Waals surface area contributed by atoms with Crippen LogP contribution in [0.5, 0.6) is 0 Å². The number of nitrogens with zero attached hydrogens (tertiary/aromatic N) is 2. The predicted molar refractivity (Wildman–Crippen MR) is 79.4 cm³/mol. The van der Waals surface area contributed by atoms with Crippen LogP contribution in [0.4, 0.5) is 0 Å². The Bertz CT molecular complexity index is 322. The Morgan fingerprint density at radius 2 is 2.11 bits per heavy atom. The van der Waals surface area contributed by atoms with Gasteiger partial charge in [0.1, 0.15) is 5.84 Å². The minimum Gasteiger partial charge on any atom is -0.358 e. The van der Waals surface area contributed by atoms with Gasteiger partial charge in [-0.15, -0.1) is 0 Å². The van der Waals surface area contributed by atoms with Crippen LogP contribution in [0.3, 0.4) is 0 Å². The first-order valence-corrected chi connectivity index (χ1v) is 7.47. The number of rotatable bonds is 1. The average molecular weight is 246 g/mol. The van der Waals surface area contributed by atoms with Crippen molar-refractivity contribution in [3.8, 4) is 0 Å². The van der Waals surface area contributed by atoms with Gasteiger partial charge in [-0.3, -0.25) is 4.99 Å². The number of fused-ring (bicyclic) bond motifs is 1. The molecule has 1 saturated heterocycles. The smallest absolute Gasteiger partial charge is 0.102 e. The van der Waals surface area contributed by atoms with Gasteiger partial charge < -0.3 is 4.90 Å². The van der Waals surface area contributed by atoms with Crippen molar-refractivity contribution in [2.75, 3.05) is 13.6 Å². The van der Waals surface area contributed by atoms with Crippen molar-refractivity contribution in [1.29, 1.82) is 0 Å². The zero-order valence-electron chi connectivity index (χ0n) is 12.4. The van der Waals surface area contributed by atoms with Gasteiger partial charge in [-0.1, -0.05) is 31.5 Å². The van der Waals surface area contributed by atoms with Gasteiger partial charge in [0.15, 0.2) is 0 Å². The summed E-state index contributed by atoms with van der Waals surface area (Å²) >= 11 is 0. The largest absolute Gasteiger partial charge is 0.358 e. The van der Waals surface area contributed by atoms with E-state index in [2.05, 4.69) is 30.7 Å². The van der Waals surface area contributed by atoms with E-state index in [4.69, 9.17) is 7.85 Å². The first-order chi connectivity index (χ1) is 8.44. The molecule has 3 heteroatoms. The lowest BCUT2D eigenvalue weighted by Crippen LogP contribution is -2.48. The van der Waals surface area contributed by atoms with E-state index < -0.39 is 0 Å². The zero-order chi connectivity index (χ0) is 13.3. The second-order valence-electron chi connectivity index (χ2n) is 6.77. The van der Waals surface area contributed by atoms with Crippen LogP contribution in [0.25, 0.3) is 0 Å². The van der Waals surface area contributed by atoms with E-state index in [0.29, 0.717) is 12.0 Å². The highest BCUT2D eigenvalue weighted by atomic mass is 15.2. The molecule has 2 aliphatic rings. The summed E-state index contributed by atoms with van der Waals surface area (Å²) in [5.41, 5.74) is 0. The van der Waals surface area contributed by atoms with E-state index in [-0.39, 0.29) is 5.31 Å². The van der Waals surface area contributed by atoms with Crippen LogP contribution < -0.4 is 0 Å². The number of hydrogen-bond donors (Lipinski definition) is 0. The van der Waals surface area contributed by atoms with Gasteiger partial charge >= 0.3 is 0 Å². The molecule has 1 saturated carbocycles. The van der Waals surface area contributed by atoms with E-state index in [0.717, 1.165) is 12.5 Å². The summed E-state index contributed by atoms with van der Waals surface area (Å²) in [5, 5.41) is 0.0399. The van der Waals surface area contributed by atoms with Crippen LogP contribution in [0.1, 0.15) is 52.9 Å². The fourth-order valence-corrected chi connectivity index (χ4v) is 3.90. The monoisotopic (exact) mass is 246 g/mol. The van der Waals surface area contributed by atoms with Crippen molar-refractivity contribution in [2.24, 2.45) is 16.8 Å². The second kappa shape index (κ2) is 5.26. The first-order valence-electron chi connectivity index (χ1n) is 7.47. The minimum absolute atomic E-state index is 0.0399. The maximum Gasteiger partial charge on any atom is 0.102 e. The van der Waals surface area contributed by atoms with Gasteiger partial charge in [-0.05, 0) is 32.6 Å². The molecule has 0 N–H and O–H groups in total. The normalized spacial score (nSPS) is 39.8. The first kappa shape index (κ1) is 14.0. The van der Waals surface area contributed by atoms with E-state index in [1.807, 2.05) is 7.05 Å². The summed E-state index contributed by atoms with van der Waals surface area (Å²) in [7, 11) is 8.37. The van der Waals surface area contributed by atoms with Gasteiger partial charge in [-0.2, -0.15) is 0 Å². The molecule has 0 aromatic rings. The molecule has 2 rings (SSSR count). The van der Waals surface area contributed by atoms with Gasteiger partial charge in [0.25, 0.3) is 0 Å². The van der Waals surface area contributed by atoms with E-state index in [9.17, 15) is 0 Å². The van der Waals surface area contributed by atoms with Crippen LogP contribution in [-0.4, -0.2) is 38.2 Å². The molecular formula is C15H27BN2. The fraction of sp³-hybridized carbons (Fsp3) is 0.933. The van der Waals surface area contributed by atoms with Gasteiger partial charge in [0.05, 0.1) is 7.85 Å². The lowest BCUT2D eigenvalue weighted by atomic mass is 9.62. The number of aliphatic imine (C=N–C) groups is 1. The molecule has 100 valence electrons. The maximum atomic E-state index is 6.41. The highest BCUT2D eigenvalue weighted by molar-refractivity contribution is 6.14. The van der Waals surface area contributed by atoms with Crippen LogP contribution in [0.2, 0.25) is 5.31 Å². The van der Waals surface area contributed by atoms with E-state index in [1.165, 1.54) is 37.9 Å². The summed E-state index contributed by atoms with van der Waals surface area (Å²) < 4.78 is 0. The number of amidine groups is 1. The lowest BCUT2D eigenvalue weighted by Gasteiger charge is -2.43. The fourth-order valence-electron chi connectivity index (χ4n) is 3.90. The van der Waals surface area contributed by atoms with Crippen molar-refractivity contribution in [2.45, 2.75) is 64.2 Å². The third kappa shape index (κ3) is 2.75. The number of piperidine rings is 1. The lowest BCUT2D eigenvalue weighted by molar-refractivity contribution is 0.211. The molecule has 1 aliphatic carbocycles. The molecule has 0 amide bonds. The summed E-state index contributed by atoms with van der Waals surface area (Å²) in [4.78, 5) is 7.13. The third-order valence-corrected chi connectivity index (χ3v) is 4.78. The molecule has 3 atom stereocenters. The number of likely N-dealkylation sites (tertiary alicyclic amines) is 1. The molecule has 0 spiro atoms. The molecule has 1 heterocycles. The molecule has 2 nitrogen and oxygen atoms in total. The summed E-state index contributed by atoms with van der Waals surface area (Å²) in [6.07, 6.45) is 6.14. The molecule has 2 radical (unpaired) electrons. The van der Waals surface area contributed by atoms with Crippen LogP contribution >= 0.6 is 0 Å². The van der Waals surface area contributed by atoms with Crippen LogP contribution in [-0.2, 0) is 0 Å².